The van der Waals surface area contributed by atoms with E-state index in [1.807, 2.05) is 31.2 Å². The zero-order valence-electron chi connectivity index (χ0n) is 11.0. The Morgan fingerprint density at radius 2 is 1.89 bits per heavy atom. The zero-order chi connectivity index (χ0) is 13.5. The summed E-state index contributed by atoms with van der Waals surface area (Å²) in [7, 11) is 1.30. The number of hydrogen-bond donors (Lipinski definition) is 1. The van der Waals surface area contributed by atoms with Crippen LogP contribution in [0.1, 0.15) is 24.5 Å². The lowest BCUT2D eigenvalue weighted by molar-refractivity contribution is -0.144. The standard InChI is InChI=1S/C14H19NO3/c1-10-4-6-12(7-5-10)8-9-13(16)15-11(2)14(17)18-3/h4-7,11H,8-9H2,1-3H3,(H,15,16)/t11-/m0/s1. The largest absolute Gasteiger partial charge is 0.467 e. The van der Waals surface area contributed by atoms with Crippen molar-refractivity contribution in [3.05, 3.63) is 35.4 Å². The summed E-state index contributed by atoms with van der Waals surface area (Å²) >= 11 is 0. The molecule has 0 bridgehead atoms. The third-order valence-electron chi connectivity index (χ3n) is 2.69. The molecule has 1 atom stereocenters. The summed E-state index contributed by atoms with van der Waals surface area (Å²) in [4.78, 5) is 22.7. The van der Waals surface area contributed by atoms with E-state index in [1.165, 1.54) is 12.7 Å². The molecular formula is C14H19NO3. The van der Waals surface area contributed by atoms with Gasteiger partial charge in [0.1, 0.15) is 6.04 Å². The van der Waals surface area contributed by atoms with Crippen molar-refractivity contribution < 1.29 is 14.3 Å². The first kappa shape index (κ1) is 14.2. The van der Waals surface area contributed by atoms with Crippen molar-refractivity contribution in [3.8, 4) is 0 Å². The van der Waals surface area contributed by atoms with Crippen LogP contribution in [0.5, 0.6) is 0 Å². The van der Waals surface area contributed by atoms with Crippen LogP contribution in [0.3, 0.4) is 0 Å². The highest BCUT2D eigenvalue weighted by Gasteiger charge is 2.15. The molecule has 0 aliphatic rings. The Morgan fingerprint density at radius 3 is 2.44 bits per heavy atom. The van der Waals surface area contributed by atoms with Crippen molar-refractivity contribution >= 4 is 11.9 Å². The molecule has 1 rings (SSSR count). The van der Waals surface area contributed by atoms with Gasteiger partial charge in [-0.2, -0.15) is 0 Å². The second-order valence-corrected chi connectivity index (χ2v) is 4.30. The topological polar surface area (TPSA) is 55.4 Å². The summed E-state index contributed by atoms with van der Waals surface area (Å²) in [6, 6.07) is 7.45. The van der Waals surface area contributed by atoms with Gasteiger partial charge in [-0.15, -0.1) is 0 Å². The van der Waals surface area contributed by atoms with Crippen molar-refractivity contribution in [1.29, 1.82) is 0 Å². The predicted octanol–water partition coefficient (Wildman–Crippen LogP) is 1.61. The van der Waals surface area contributed by atoms with Crippen LogP contribution < -0.4 is 5.32 Å². The van der Waals surface area contributed by atoms with Crippen LogP contribution in [0, 0.1) is 6.92 Å². The van der Waals surface area contributed by atoms with Crippen LogP contribution >= 0.6 is 0 Å². The van der Waals surface area contributed by atoms with Gasteiger partial charge < -0.3 is 10.1 Å². The summed E-state index contributed by atoms with van der Waals surface area (Å²) in [6.07, 6.45) is 1.03. The second-order valence-electron chi connectivity index (χ2n) is 4.30. The number of ether oxygens (including phenoxy) is 1. The predicted molar refractivity (Wildman–Crippen MR) is 69.1 cm³/mol. The summed E-state index contributed by atoms with van der Waals surface area (Å²) in [6.45, 7) is 3.63. The average molecular weight is 249 g/mol. The van der Waals surface area contributed by atoms with E-state index < -0.39 is 12.0 Å². The molecule has 0 unspecified atom stereocenters. The van der Waals surface area contributed by atoms with E-state index >= 15 is 0 Å². The SMILES string of the molecule is COC(=O)[C@H](C)NC(=O)CCc1ccc(C)cc1. The number of aryl methyl sites for hydroxylation is 2. The van der Waals surface area contributed by atoms with Crippen molar-refractivity contribution in [2.75, 3.05) is 7.11 Å². The Kier molecular flexibility index (Phi) is 5.36. The van der Waals surface area contributed by atoms with Gasteiger partial charge in [-0.1, -0.05) is 29.8 Å². The molecule has 1 N–H and O–H groups in total. The number of esters is 1. The molecular weight excluding hydrogens is 230 g/mol. The zero-order valence-corrected chi connectivity index (χ0v) is 11.0. The fraction of sp³-hybridized carbons (Fsp3) is 0.429. The number of carbonyl (C=O) groups is 2. The second kappa shape index (κ2) is 6.79. The third kappa shape index (κ3) is 4.57. The molecule has 1 aromatic rings. The van der Waals surface area contributed by atoms with Crippen molar-refractivity contribution in [1.82, 2.24) is 5.32 Å². The van der Waals surface area contributed by atoms with Gasteiger partial charge in [0.25, 0.3) is 0 Å². The smallest absolute Gasteiger partial charge is 0.328 e. The van der Waals surface area contributed by atoms with Crippen LogP contribution in [0.4, 0.5) is 0 Å². The van der Waals surface area contributed by atoms with Gasteiger partial charge in [-0.05, 0) is 25.8 Å². The Bertz CT molecular complexity index is 412. The van der Waals surface area contributed by atoms with Gasteiger partial charge in [0, 0.05) is 6.42 Å². The number of nitrogens with one attached hydrogen (secondary N) is 1. The van der Waals surface area contributed by atoms with Gasteiger partial charge in [0.2, 0.25) is 5.91 Å². The highest BCUT2D eigenvalue weighted by Crippen LogP contribution is 2.05. The molecule has 0 heterocycles. The van der Waals surface area contributed by atoms with Crippen molar-refractivity contribution in [2.24, 2.45) is 0 Å². The lowest BCUT2D eigenvalue weighted by Gasteiger charge is -2.11. The maximum atomic E-state index is 11.6. The first-order valence-corrected chi connectivity index (χ1v) is 5.95. The first-order chi connectivity index (χ1) is 8.52. The minimum atomic E-state index is -0.597. The van der Waals surface area contributed by atoms with Gasteiger partial charge in [0.15, 0.2) is 0 Å². The van der Waals surface area contributed by atoms with Gasteiger partial charge in [0.05, 0.1) is 7.11 Å². The summed E-state index contributed by atoms with van der Waals surface area (Å²) in [5.74, 6) is -0.577. The molecule has 4 nitrogen and oxygen atoms in total. The van der Waals surface area contributed by atoms with Gasteiger partial charge in [-0.3, -0.25) is 4.79 Å². The fourth-order valence-corrected chi connectivity index (χ4v) is 1.56. The van der Waals surface area contributed by atoms with Crippen LogP contribution in [0.25, 0.3) is 0 Å². The van der Waals surface area contributed by atoms with E-state index in [4.69, 9.17) is 0 Å². The van der Waals surface area contributed by atoms with E-state index in [2.05, 4.69) is 10.1 Å². The third-order valence-corrected chi connectivity index (χ3v) is 2.69. The van der Waals surface area contributed by atoms with Gasteiger partial charge in [-0.25, -0.2) is 4.79 Å². The number of carbonyl (C=O) groups excluding carboxylic acids is 2. The average Bonchev–Trinajstić information content (AvgIpc) is 2.37. The molecule has 0 spiro atoms. The van der Waals surface area contributed by atoms with Crippen LogP contribution in [0.15, 0.2) is 24.3 Å². The molecule has 1 aromatic carbocycles. The molecule has 1 amide bonds. The van der Waals surface area contributed by atoms with Crippen LogP contribution in [-0.2, 0) is 20.7 Å². The van der Waals surface area contributed by atoms with Crippen LogP contribution in [0.2, 0.25) is 0 Å². The fourth-order valence-electron chi connectivity index (χ4n) is 1.56. The van der Waals surface area contributed by atoms with Crippen molar-refractivity contribution in [2.45, 2.75) is 32.7 Å². The molecule has 0 fully saturated rings. The number of benzene rings is 1. The normalized spacial score (nSPS) is 11.7. The highest BCUT2D eigenvalue weighted by atomic mass is 16.5. The summed E-state index contributed by atoms with van der Waals surface area (Å²) < 4.78 is 4.54. The monoisotopic (exact) mass is 249 g/mol. The molecule has 0 saturated carbocycles. The molecule has 0 saturated heterocycles. The molecule has 0 aliphatic carbocycles. The van der Waals surface area contributed by atoms with Crippen LogP contribution in [-0.4, -0.2) is 25.0 Å². The molecule has 4 heteroatoms. The Morgan fingerprint density at radius 1 is 1.28 bits per heavy atom. The van der Waals surface area contributed by atoms with E-state index in [1.54, 1.807) is 6.92 Å². The minimum Gasteiger partial charge on any atom is -0.467 e. The molecule has 0 aromatic heterocycles. The molecule has 0 radical (unpaired) electrons. The maximum Gasteiger partial charge on any atom is 0.328 e. The van der Waals surface area contributed by atoms with Gasteiger partial charge >= 0.3 is 5.97 Å². The van der Waals surface area contributed by atoms with E-state index in [-0.39, 0.29) is 5.91 Å². The van der Waals surface area contributed by atoms with Crippen molar-refractivity contribution in [3.63, 3.8) is 0 Å². The molecule has 18 heavy (non-hydrogen) atoms. The molecule has 98 valence electrons. The minimum absolute atomic E-state index is 0.145. The number of methoxy groups -OCH3 is 1. The Labute approximate surface area is 107 Å². The Balaban J connectivity index is 2.37. The molecule has 0 aliphatic heterocycles. The highest BCUT2D eigenvalue weighted by molar-refractivity contribution is 5.84. The maximum absolute atomic E-state index is 11.6. The Hall–Kier alpha value is -1.84. The number of rotatable bonds is 5. The first-order valence-electron chi connectivity index (χ1n) is 5.95. The quantitative estimate of drug-likeness (QED) is 0.806. The number of hydrogen-bond acceptors (Lipinski definition) is 3. The lowest BCUT2D eigenvalue weighted by atomic mass is 10.1. The van der Waals surface area contributed by atoms with E-state index in [9.17, 15) is 9.59 Å². The van der Waals surface area contributed by atoms with E-state index in [0.717, 1.165) is 5.56 Å². The summed E-state index contributed by atoms with van der Waals surface area (Å²) in [5, 5.41) is 2.60. The summed E-state index contributed by atoms with van der Waals surface area (Å²) in [5.41, 5.74) is 2.31. The van der Waals surface area contributed by atoms with E-state index in [0.29, 0.717) is 12.8 Å². The lowest BCUT2D eigenvalue weighted by Crippen LogP contribution is -2.39. The number of amides is 1.